The highest BCUT2D eigenvalue weighted by molar-refractivity contribution is 5.86. The zero-order chi connectivity index (χ0) is 18.3. The summed E-state index contributed by atoms with van der Waals surface area (Å²) in [6.45, 7) is 2.65. The van der Waals surface area contributed by atoms with Crippen LogP contribution in [-0.2, 0) is 13.2 Å². The second kappa shape index (κ2) is 6.11. The molecule has 10 heteroatoms. The molecule has 0 radical (unpaired) electrons. The van der Waals surface area contributed by atoms with Crippen LogP contribution in [0.1, 0.15) is 5.56 Å². The van der Waals surface area contributed by atoms with Crippen molar-refractivity contribution in [2.45, 2.75) is 6.18 Å². The Morgan fingerprint density at radius 3 is 2.31 bits per heavy atom. The van der Waals surface area contributed by atoms with E-state index < -0.39 is 11.7 Å². The summed E-state index contributed by atoms with van der Waals surface area (Å²) >= 11 is 0. The van der Waals surface area contributed by atoms with Gasteiger partial charge < -0.3 is 9.80 Å². The third kappa shape index (κ3) is 2.91. The van der Waals surface area contributed by atoms with Crippen LogP contribution in [-0.4, -0.2) is 50.9 Å². The maximum atomic E-state index is 12.7. The molecule has 0 bridgehead atoms. The third-order valence-corrected chi connectivity index (χ3v) is 4.49. The van der Waals surface area contributed by atoms with E-state index in [4.69, 9.17) is 0 Å². The number of hydrogen-bond donors (Lipinski definition) is 0. The molecule has 0 saturated carbocycles. The molecule has 0 spiro atoms. The van der Waals surface area contributed by atoms with Crippen molar-refractivity contribution in [2.75, 3.05) is 36.0 Å². The van der Waals surface area contributed by atoms with Crippen molar-refractivity contribution in [3.05, 3.63) is 36.4 Å². The number of piperazine rings is 1. The van der Waals surface area contributed by atoms with E-state index in [0.717, 1.165) is 29.1 Å². The van der Waals surface area contributed by atoms with Crippen LogP contribution in [0.4, 0.5) is 24.8 Å². The third-order valence-electron chi connectivity index (χ3n) is 4.49. The summed E-state index contributed by atoms with van der Waals surface area (Å²) in [7, 11) is 1.83. The number of hydrogen-bond acceptors (Lipinski definition) is 6. The van der Waals surface area contributed by atoms with E-state index >= 15 is 0 Å². The fraction of sp³-hybridized carbons (Fsp3) is 0.375. The largest absolute Gasteiger partial charge is 0.417 e. The molecule has 26 heavy (non-hydrogen) atoms. The predicted octanol–water partition coefficient (Wildman–Crippen LogP) is 2.10. The predicted molar refractivity (Wildman–Crippen MR) is 90.0 cm³/mol. The molecule has 0 aliphatic carbocycles. The first-order valence-corrected chi connectivity index (χ1v) is 8.09. The standard InChI is InChI=1S/C16H16F3N7/c1-24-14-12(9-23-24)15(22-10-21-14)26-6-4-25(5-7-26)13-3-2-11(8-20-13)16(17,18)19/h2-3,8-10H,4-7H2,1H3. The summed E-state index contributed by atoms with van der Waals surface area (Å²) in [5.74, 6) is 1.37. The molecule has 1 saturated heterocycles. The molecule has 1 fully saturated rings. The number of nitrogens with zero attached hydrogens (tertiary/aromatic N) is 7. The van der Waals surface area contributed by atoms with Crippen LogP contribution in [0.25, 0.3) is 11.0 Å². The first kappa shape index (κ1) is 16.6. The molecule has 4 heterocycles. The average molecular weight is 363 g/mol. The molecular weight excluding hydrogens is 347 g/mol. The van der Waals surface area contributed by atoms with E-state index in [-0.39, 0.29) is 0 Å². The minimum absolute atomic E-state index is 0.548. The second-order valence-corrected chi connectivity index (χ2v) is 6.08. The molecule has 7 nitrogen and oxygen atoms in total. The van der Waals surface area contributed by atoms with Crippen molar-refractivity contribution in [3.8, 4) is 0 Å². The van der Waals surface area contributed by atoms with E-state index in [1.54, 1.807) is 10.9 Å². The lowest BCUT2D eigenvalue weighted by Crippen LogP contribution is -2.47. The van der Waals surface area contributed by atoms with Crippen LogP contribution in [0.2, 0.25) is 0 Å². The summed E-state index contributed by atoms with van der Waals surface area (Å²) < 4.78 is 39.7. The maximum absolute atomic E-state index is 12.7. The minimum Gasteiger partial charge on any atom is -0.353 e. The number of pyridine rings is 1. The van der Waals surface area contributed by atoms with Crippen LogP contribution in [0.3, 0.4) is 0 Å². The van der Waals surface area contributed by atoms with Gasteiger partial charge in [-0.2, -0.15) is 18.3 Å². The van der Waals surface area contributed by atoms with E-state index in [1.165, 1.54) is 12.4 Å². The molecule has 0 aromatic carbocycles. The van der Waals surface area contributed by atoms with Crippen LogP contribution in [0.5, 0.6) is 0 Å². The Kier molecular flexibility index (Phi) is 3.89. The first-order valence-electron chi connectivity index (χ1n) is 8.09. The van der Waals surface area contributed by atoms with Crippen molar-refractivity contribution in [2.24, 2.45) is 7.05 Å². The van der Waals surface area contributed by atoms with Crippen molar-refractivity contribution >= 4 is 22.7 Å². The topological polar surface area (TPSA) is 63.0 Å². The quantitative estimate of drug-likeness (QED) is 0.695. The average Bonchev–Trinajstić information content (AvgIpc) is 3.03. The number of fused-ring (bicyclic) bond motifs is 1. The molecular formula is C16H16F3N7. The maximum Gasteiger partial charge on any atom is 0.417 e. The fourth-order valence-corrected chi connectivity index (χ4v) is 3.09. The van der Waals surface area contributed by atoms with Gasteiger partial charge in [0.1, 0.15) is 18.0 Å². The van der Waals surface area contributed by atoms with Crippen molar-refractivity contribution in [1.82, 2.24) is 24.7 Å². The van der Waals surface area contributed by atoms with Gasteiger partial charge in [-0.15, -0.1) is 0 Å². The number of anilines is 2. The Hall–Kier alpha value is -2.91. The van der Waals surface area contributed by atoms with Crippen LogP contribution < -0.4 is 9.80 Å². The molecule has 0 amide bonds. The monoisotopic (exact) mass is 363 g/mol. The number of aromatic nitrogens is 5. The zero-order valence-corrected chi connectivity index (χ0v) is 14.0. The lowest BCUT2D eigenvalue weighted by molar-refractivity contribution is -0.137. The molecule has 3 aromatic heterocycles. The summed E-state index contributed by atoms with van der Waals surface area (Å²) in [4.78, 5) is 16.7. The molecule has 1 aliphatic rings. The van der Waals surface area contributed by atoms with Crippen molar-refractivity contribution in [1.29, 1.82) is 0 Å². The Balaban J connectivity index is 1.49. The molecule has 0 N–H and O–H groups in total. The van der Waals surface area contributed by atoms with Crippen molar-refractivity contribution < 1.29 is 13.2 Å². The van der Waals surface area contributed by atoms with Crippen LogP contribution in [0.15, 0.2) is 30.9 Å². The Bertz CT molecular complexity index is 912. The van der Waals surface area contributed by atoms with Gasteiger partial charge in [-0.1, -0.05) is 0 Å². The zero-order valence-electron chi connectivity index (χ0n) is 14.0. The fourth-order valence-electron chi connectivity index (χ4n) is 3.09. The normalized spacial score (nSPS) is 15.7. The molecule has 0 unspecified atom stereocenters. The van der Waals surface area contributed by atoms with Crippen LogP contribution >= 0.6 is 0 Å². The Labute approximate surface area is 147 Å². The summed E-state index contributed by atoms with van der Waals surface area (Å²) in [6, 6.07) is 2.49. The van der Waals surface area contributed by atoms with Gasteiger partial charge in [0.05, 0.1) is 17.1 Å². The van der Waals surface area contributed by atoms with E-state index in [1.807, 2.05) is 11.9 Å². The molecule has 136 valence electrons. The summed E-state index contributed by atoms with van der Waals surface area (Å²) in [5, 5.41) is 5.10. The van der Waals surface area contributed by atoms with Gasteiger partial charge in [0.25, 0.3) is 0 Å². The number of rotatable bonds is 2. The van der Waals surface area contributed by atoms with E-state index in [0.29, 0.717) is 32.0 Å². The van der Waals surface area contributed by atoms with Crippen molar-refractivity contribution in [3.63, 3.8) is 0 Å². The van der Waals surface area contributed by atoms with Gasteiger partial charge in [0.2, 0.25) is 0 Å². The summed E-state index contributed by atoms with van der Waals surface area (Å²) in [6.07, 6.45) is -0.227. The number of alkyl halides is 3. The summed E-state index contributed by atoms with van der Waals surface area (Å²) in [5.41, 5.74) is 0.0293. The van der Waals surface area contributed by atoms with Gasteiger partial charge in [-0.25, -0.2) is 15.0 Å². The highest BCUT2D eigenvalue weighted by atomic mass is 19.4. The van der Waals surface area contributed by atoms with Gasteiger partial charge >= 0.3 is 6.18 Å². The van der Waals surface area contributed by atoms with E-state index in [2.05, 4.69) is 25.0 Å². The Morgan fingerprint density at radius 1 is 0.923 bits per heavy atom. The lowest BCUT2D eigenvalue weighted by Gasteiger charge is -2.36. The van der Waals surface area contributed by atoms with Crippen LogP contribution in [0, 0.1) is 0 Å². The number of aryl methyl sites for hydroxylation is 1. The number of halogens is 3. The highest BCUT2D eigenvalue weighted by Gasteiger charge is 2.31. The van der Waals surface area contributed by atoms with Gasteiger partial charge in [0.15, 0.2) is 5.65 Å². The SMILES string of the molecule is Cn1ncc2c(N3CCN(c4ccc(C(F)(F)F)cn4)CC3)ncnc21. The lowest BCUT2D eigenvalue weighted by atomic mass is 10.2. The van der Waals surface area contributed by atoms with Gasteiger partial charge in [0, 0.05) is 39.4 Å². The Morgan fingerprint density at radius 2 is 1.65 bits per heavy atom. The smallest absolute Gasteiger partial charge is 0.353 e. The minimum atomic E-state index is -4.37. The first-order chi connectivity index (χ1) is 12.4. The molecule has 4 rings (SSSR count). The molecule has 0 atom stereocenters. The van der Waals surface area contributed by atoms with Gasteiger partial charge in [-0.3, -0.25) is 4.68 Å². The second-order valence-electron chi connectivity index (χ2n) is 6.08. The molecule has 3 aromatic rings. The highest BCUT2D eigenvalue weighted by Crippen LogP contribution is 2.30. The van der Waals surface area contributed by atoms with Gasteiger partial charge in [-0.05, 0) is 12.1 Å². The van der Waals surface area contributed by atoms with E-state index in [9.17, 15) is 13.2 Å². The molecule has 1 aliphatic heterocycles.